The Labute approximate surface area is 130 Å². The zero-order chi connectivity index (χ0) is 15.2. The number of halogens is 1. The molecule has 0 aliphatic heterocycles. The number of carbonyl (C=O) groups is 2. The predicted octanol–water partition coefficient (Wildman–Crippen LogP) is 2.51. The first-order chi connectivity index (χ1) is 10.1. The van der Waals surface area contributed by atoms with Gasteiger partial charge < -0.3 is 10.6 Å². The van der Waals surface area contributed by atoms with E-state index in [1.807, 2.05) is 18.2 Å². The molecular formula is C16H21ClN2O2. The molecule has 1 aliphatic rings. The van der Waals surface area contributed by atoms with Gasteiger partial charge in [0, 0.05) is 18.1 Å². The number of amides is 2. The van der Waals surface area contributed by atoms with Crippen molar-refractivity contribution in [1.29, 1.82) is 0 Å². The van der Waals surface area contributed by atoms with E-state index < -0.39 is 0 Å². The molecule has 1 fully saturated rings. The first kappa shape index (κ1) is 15.8. The van der Waals surface area contributed by atoms with E-state index in [0.717, 1.165) is 18.4 Å². The van der Waals surface area contributed by atoms with Crippen molar-refractivity contribution in [3.8, 4) is 0 Å². The van der Waals surface area contributed by atoms with E-state index in [1.54, 1.807) is 6.07 Å². The molecule has 1 saturated carbocycles. The van der Waals surface area contributed by atoms with E-state index in [9.17, 15) is 9.59 Å². The molecule has 2 unspecified atom stereocenters. The Hall–Kier alpha value is -1.55. The highest BCUT2D eigenvalue weighted by atomic mass is 35.5. The summed E-state index contributed by atoms with van der Waals surface area (Å²) in [5, 5.41) is 6.36. The third kappa shape index (κ3) is 4.46. The van der Waals surface area contributed by atoms with Crippen molar-refractivity contribution in [3.05, 3.63) is 34.9 Å². The van der Waals surface area contributed by atoms with Gasteiger partial charge in [-0.25, -0.2) is 0 Å². The van der Waals surface area contributed by atoms with Gasteiger partial charge in [-0.2, -0.15) is 0 Å². The second-order valence-electron chi connectivity index (χ2n) is 5.40. The molecule has 0 aromatic heterocycles. The van der Waals surface area contributed by atoms with E-state index in [1.165, 1.54) is 0 Å². The van der Waals surface area contributed by atoms with Crippen LogP contribution in [0.15, 0.2) is 24.3 Å². The van der Waals surface area contributed by atoms with E-state index in [0.29, 0.717) is 24.5 Å². The molecule has 0 bridgehead atoms. The lowest BCUT2D eigenvalue weighted by atomic mass is 10.2. The van der Waals surface area contributed by atoms with Gasteiger partial charge in [0.25, 0.3) is 0 Å². The second-order valence-corrected chi connectivity index (χ2v) is 5.81. The number of rotatable bonds is 7. The molecule has 2 atom stereocenters. The van der Waals surface area contributed by atoms with Crippen LogP contribution >= 0.6 is 11.6 Å². The number of hydrogen-bond acceptors (Lipinski definition) is 2. The Balaban J connectivity index is 1.73. The highest BCUT2D eigenvalue weighted by Gasteiger charge is 2.47. The molecule has 1 aromatic rings. The Morgan fingerprint density at radius 3 is 2.52 bits per heavy atom. The fourth-order valence-corrected chi connectivity index (χ4v) is 2.45. The second kappa shape index (κ2) is 7.46. The Morgan fingerprint density at radius 1 is 1.19 bits per heavy atom. The molecule has 4 nitrogen and oxygen atoms in total. The van der Waals surface area contributed by atoms with Crippen LogP contribution in [0.2, 0.25) is 5.02 Å². The highest BCUT2D eigenvalue weighted by Crippen LogP contribution is 2.38. The summed E-state index contributed by atoms with van der Waals surface area (Å²) >= 11 is 6.04. The van der Waals surface area contributed by atoms with Gasteiger partial charge in [0.15, 0.2) is 0 Å². The van der Waals surface area contributed by atoms with Crippen LogP contribution in [0.3, 0.4) is 0 Å². The molecule has 1 aliphatic carbocycles. The minimum absolute atomic E-state index is 0.00124. The molecule has 2 N–H and O–H groups in total. The zero-order valence-electron chi connectivity index (χ0n) is 12.2. The lowest BCUT2D eigenvalue weighted by Crippen LogP contribution is -2.30. The van der Waals surface area contributed by atoms with Gasteiger partial charge in [-0.3, -0.25) is 9.59 Å². The molecule has 0 saturated heterocycles. The largest absolute Gasteiger partial charge is 0.356 e. The third-order valence-corrected chi connectivity index (χ3v) is 4.07. The fourth-order valence-electron chi connectivity index (χ4n) is 2.25. The van der Waals surface area contributed by atoms with Crippen LogP contribution in [0.4, 0.5) is 0 Å². The standard InChI is InChI=1S/C16H21ClN2O2/c1-2-3-8-18-15(20)12-9-13(12)16(21)19-10-11-6-4-5-7-14(11)17/h4-7,12-13H,2-3,8-10H2,1H3,(H,18,20)(H,19,21). The summed E-state index contributed by atoms with van der Waals surface area (Å²) in [7, 11) is 0. The Kier molecular flexibility index (Phi) is 5.62. The van der Waals surface area contributed by atoms with Crippen LogP contribution in [-0.2, 0) is 16.1 Å². The van der Waals surface area contributed by atoms with Crippen LogP contribution in [-0.4, -0.2) is 18.4 Å². The molecule has 5 heteroatoms. The quantitative estimate of drug-likeness (QED) is 0.760. The number of carbonyl (C=O) groups excluding carboxylic acids is 2. The Morgan fingerprint density at radius 2 is 1.86 bits per heavy atom. The first-order valence-corrected chi connectivity index (χ1v) is 7.80. The monoisotopic (exact) mass is 308 g/mol. The maximum atomic E-state index is 12.0. The summed E-state index contributed by atoms with van der Waals surface area (Å²) in [5.41, 5.74) is 0.886. The van der Waals surface area contributed by atoms with Gasteiger partial charge in [0.2, 0.25) is 11.8 Å². The van der Waals surface area contributed by atoms with Gasteiger partial charge in [-0.15, -0.1) is 0 Å². The van der Waals surface area contributed by atoms with Gasteiger partial charge in [-0.1, -0.05) is 43.1 Å². The van der Waals surface area contributed by atoms with Crippen molar-refractivity contribution >= 4 is 23.4 Å². The van der Waals surface area contributed by atoms with Crippen LogP contribution in [0.25, 0.3) is 0 Å². The maximum absolute atomic E-state index is 12.0. The molecule has 2 amide bonds. The summed E-state index contributed by atoms with van der Waals surface area (Å²) in [6.07, 6.45) is 2.67. The maximum Gasteiger partial charge on any atom is 0.224 e. The van der Waals surface area contributed by atoms with Gasteiger partial charge in [0.05, 0.1) is 11.8 Å². The predicted molar refractivity (Wildman–Crippen MR) is 82.8 cm³/mol. The summed E-state index contributed by atoms with van der Waals surface area (Å²) in [6.45, 7) is 3.17. The fraction of sp³-hybridized carbons (Fsp3) is 0.500. The normalized spacial score (nSPS) is 19.9. The molecule has 1 aromatic carbocycles. The minimum atomic E-state index is -0.186. The van der Waals surface area contributed by atoms with Crippen LogP contribution in [0, 0.1) is 11.8 Å². The van der Waals surface area contributed by atoms with Gasteiger partial charge in [-0.05, 0) is 24.5 Å². The van der Waals surface area contributed by atoms with E-state index in [4.69, 9.17) is 11.6 Å². The van der Waals surface area contributed by atoms with Crippen molar-refractivity contribution < 1.29 is 9.59 Å². The third-order valence-electron chi connectivity index (χ3n) is 3.70. The summed E-state index contributed by atoms with van der Waals surface area (Å²) in [6, 6.07) is 7.41. The van der Waals surface area contributed by atoms with E-state index >= 15 is 0 Å². The van der Waals surface area contributed by atoms with Crippen molar-refractivity contribution in [2.75, 3.05) is 6.54 Å². The van der Waals surface area contributed by atoms with E-state index in [2.05, 4.69) is 17.6 Å². The summed E-state index contributed by atoms with van der Waals surface area (Å²) < 4.78 is 0. The van der Waals surface area contributed by atoms with Crippen LogP contribution in [0.1, 0.15) is 31.7 Å². The number of unbranched alkanes of at least 4 members (excludes halogenated alkanes) is 1. The molecular weight excluding hydrogens is 288 g/mol. The van der Waals surface area contributed by atoms with Gasteiger partial charge >= 0.3 is 0 Å². The topological polar surface area (TPSA) is 58.2 Å². The summed E-state index contributed by atoms with van der Waals surface area (Å²) in [4.78, 5) is 23.8. The molecule has 0 spiro atoms. The smallest absolute Gasteiger partial charge is 0.224 e. The molecule has 0 radical (unpaired) electrons. The van der Waals surface area contributed by atoms with Crippen LogP contribution in [0.5, 0.6) is 0 Å². The van der Waals surface area contributed by atoms with Crippen molar-refractivity contribution in [3.63, 3.8) is 0 Å². The molecule has 21 heavy (non-hydrogen) atoms. The lowest BCUT2D eigenvalue weighted by Gasteiger charge is -2.07. The number of hydrogen-bond donors (Lipinski definition) is 2. The molecule has 2 rings (SSSR count). The number of benzene rings is 1. The minimum Gasteiger partial charge on any atom is -0.356 e. The van der Waals surface area contributed by atoms with Crippen LogP contribution < -0.4 is 10.6 Å². The lowest BCUT2D eigenvalue weighted by molar-refractivity contribution is -0.127. The number of nitrogens with one attached hydrogen (secondary N) is 2. The molecule has 0 heterocycles. The SMILES string of the molecule is CCCCNC(=O)C1CC1C(=O)NCc1ccccc1Cl. The molecule has 114 valence electrons. The highest BCUT2D eigenvalue weighted by molar-refractivity contribution is 6.31. The first-order valence-electron chi connectivity index (χ1n) is 7.42. The Bertz CT molecular complexity index is 519. The van der Waals surface area contributed by atoms with Crippen molar-refractivity contribution in [2.45, 2.75) is 32.7 Å². The zero-order valence-corrected chi connectivity index (χ0v) is 13.0. The van der Waals surface area contributed by atoms with Crippen molar-refractivity contribution in [2.24, 2.45) is 11.8 Å². The average molecular weight is 309 g/mol. The van der Waals surface area contributed by atoms with Crippen molar-refractivity contribution in [1.82, 2.24) is 10.6 Å². The van der Waals surface area contributed by atoms with E-state index in [-0.39, 0.29) is 23.7 Å². The average Bonchev–Trinajstić information content (AvgIpc) is 3.27. The summed E-state index contributed by atoms with van der Waals surface area (Å²) in [5.74, 6) is -0.408. The van der Waals surface area contributed by atoms with Gasteiger partial charge in [0.1, 0.15) is 0 Å².